The Kier molecular flexibility index (Phi) is 6.17. The molecule has 29 heavy (non-hydrogen) atoms. The van der Waals surface area contributed by atoms with E-state index in [-0.39, 0.29) is 5.91 Å². The van der Waals surface area contributed by atoms with Gasteiger partial charge in [-0.2, -0.15) is 0 Å². The maximum atomic E-state index is 12.6. The van der Waals surface area contributed by atoms with Crippen LogP contribution in [0.1, 0.15) is 42.5 Å². The van der Waals surface area contributed by atoms with Crippen molar-refractivity contribution in [2.45, 2.75) is 38.1 Å². The summed E-state index contributed by atoms with van der Waals surface area (Å²) in [5, 5.41) is 3.19. The third-order valence-electron chi connectivity index (χ3n) is 6.01. The Balaban J connectivity index is 1.35. The Morgan fingerprint density at radius 1 is 0.966 bits per heavy atom. The van der Waals surface area contributed by atoms with E-state index < -0.39 is 0 Å². The number of nitrogens with one attached hydrogen (secondary N) is 1. The molecule has 154 valence electrons. The number of hydrogen-bond acceptors (Lipinski definition) is 5. The first-order chi connectivity index (χ1) is 14.2. The van der Waals surface area contributed by atoms with Crippen LogP contribution < -0.4 is 19.9 Å². The number of pyridine rings is 1. The number of carbonyl (C=O) groups excluding carboxylic acids is 1. The second kappa shape index (κ2) is 9.16. The highest BCUT2D eigenvalue weighted by atomic mass is 16.5. The van der Waals surface area contributed by atoms with Crippen molar-refractivity contribution in [1.82, 2.24) is 10.3 Å². The fraction of sp³-hybridized carbons (Fsp3) is 0.478. The van der Waals surface area contributed by atoms with Crippen LogP contribution in [0.15, 0.2) is 42.7 Å². The molecule has 1 aliphatic carbocycles. The summed E-state index contributed by atoms with van der Waals surface area (Å²) >= 11 is 0. The van der Waals surface area contributed by atoms with Crippen LogP contribution in [0.5, 0.6) is 5.75 Å². The van der Waals surface area contributed by atoms with Crippen LogP contribution >= 0.6 is 0 Å². The predicted molar refractivity (Wildman–Crippen MR) is 116 cm³/mol. The molecule has 2 aliphatic rings. The van der Waals surface area contributed by atoms with Crippen LogP contribution in [0.4, 0.5) is 11.4 Å². The molecule has 1 saturated carbocycles. The lowest BCUT2D eigenvalue weighted by molar-refractivity contribution is 0.0927. The first-order valence-corrected chi connectivity index (χ1v) is 10.6. The summed E-state index contributed by atoms with van der Waals surface area (Å²) in [6.45, 7) is 3.68. The lowest BCUT2D eigenvalue weighted by atomic mass is 9.95. The Bertz CT molecular complexity index is 810. The maximum absolute atomic E-state index is 12.6. The summed E-state index contributed by atoms with van der Waals surface area (Å²) in [5.74, 6) is 0.880. The van der Waals surface area contributed by atoms with Gasteiger partial charge in [0.05, 0.1) is 24.6 Å². The highest BCUT2D eigenvalue weighted by Crippen LogP contribution is 2.23. The van der Waals surface area contributed by atoms with E-state index in [0.717, 1.165) is 50.5 Å². The van der Waals surface area contributed by atoms with Crippen molar-refractivity contribution in [3.8, 4) is 5.75 Å². The van der Waals surface area contributed by atoms with Crippen LogP contribution in [-0.4, -0.2) is 50.2 Å². The summed E-state index contributed by atoms with van der Waals surface area (Å²) in [6.07, 6.45) is 9.42. The molecule has 0 atom stereocenters. The zero-order valence-corrected chi connectivity index (χ0v) is 17.1. The highest BCUT2D eigenvalue weighted by Gasteiger charge is 2.20. The minimum absolute atomic E-state index is 0.00289. The molecule has 1 aromatic carbocycles. The average molecular weight is 395 g/mol. The number of methoxy groups -OCH3 is 1. The SMILES string of the molecule is COc1ccc(N2CCN(c3cncc(C(=O)NC4CCCCC4)c3)CC2)cc1. The van der Waals surface area contributed by atoms with Gasteiger partial charge in [0, 0.05) is 44.1 Å². The van der Waals surface area contributed by atoms with Crippen molar-refractivity contribution in [3.05, 3.63) is 48.3 Å². The summed E-state index contributed by atoms with van der Waals surface area (Å²) in [4.78, 5) is 21.7. The van der Waals surface area contributed by atoms with Crippen LogP contribution in [0, 0.1) is 0 Å². The van der Waals surface area contributed by atoms with Crippen LogP contribution in [-0.2, 0) is 0 Å². The van der Waals surface area contributed by atoms with Crippen molar-refractivity contribution in [2.75, 3.05) is 43.1 Å². The Labute approximate surface area is 172 Å². The van der Waals surface area contributed by atoms with E-state index in [1.165, 1.54) is 24.9 Å². The second-order valence-electron chi connectivity index (χ2n) is 7.91. The summed E-state index contributed by atoms with van der Waals surface area (Å²) in [5.41, 5.74) is 2.89. The molecular weight excluding hydrogens is 364 g/mol. The molecule has 1 aliphatic heterocycles. The van der Waals surface area contributed by atoms with Gasteiger partial charge in [-0.3, -0.25) is 9.78 Å². The van der Waals surface area contributed by atoms with E-state index in [1.807, 2.05) is 24.4 Å². The van der Waals surface area contributed by atoms with E-state index in [4.69, 9.17) is 4.74 Å². The van der Waals surface area contributed by atoms with Crippen LogP contribution in [0.2, 0.25) is 0 Å². The third-order valence-corrected chi connectivity index (χ3v) is 6.01. The number of benzene rings is 1. The van der Waals surface area contributed by atoms with Crippen molar-refractivity contribution in [3.63, 3.8) is 0 Å². The van der Waals surface area contributed by atoms with Gasteiger partial charge in [-0.25, -0.2) is 0 Å². The largest absolute Gasteiger partial charge is 0.497 e. The first-order valence-electron chi connectivity index (χ1n) is 10.6. The fourth-order valence-electron chi connectivity index (χ4n) is 4.26. The van der Waals surface area contributed by atoms with Crippen molar-refractivity contribution >= 4 is 17.3 Å². The molecule has 0 unspecified atom stereocenters. The molecule has 1 saturated heterocycles. The topological polar surface area (TPSA) is 57.7 Å². The molecule has 4 rings (SSSR count). The molecule has 1 amide bonds. The highest BCUT2D eigenvalue weighted by molar-refractivity contribution is 5.95. The standard InChI is InChI=1S/C23H30N4O2/c1-29-22-9-7-20(8-10-22)26-11-13-27(14-12-26)21-15-18(16-24-17-21)23(28)25-19-5-3-2-4-6-19/h7-10,15-17,19H,2-6,11-14H2,1H3,(H,25,28). The number of aromatic nitrogens is 1. The lowest BCUT2D eigenvalue weighted by Gasteiger charge is -2.37. The molecule has 1 aromatic heterocycles. The molecule has 1 N–H and O–H groups in total. The number of nitrogens with zero attached hydrogens (tertiary/aromatic N) is 3. The zero-order valence-electron chi connectivity index (χ0n) is 17.1. The number of piperazine rings is 1. The van der Waals surface area contributed by atoms with Crippen molar-refractivity contribution in [1.29, 1.82) is 0 Å². The Morgan fingerprint density at radius 3 is 2.28 bits per heavy atom. The monoisotopic (exact) mass is 394 g/mol. The van der Waals surface area contributed by atoms with Crippen LogP contribution in [0.25, 0.3) is 0 Å². The Hall–Kier alpha value is -2.76. The number of amides is 1. The van der Waals surface area contributed by atoms with Gasteiger partial charge in [0.25, 0.3) is 5.91 Å². The number of hydrogen-bond donors (Lipinski definition) is 1. The quantitative estimate of drug-likeness (QED) is 0.841. The fourth-order valence-corrected chi connectivity index (χ4v) is 4.26. The van der Waals surface area contributed by atoms with Crippen molar-refractivity contribution < 1.29 is 9.53 Å². The number of ether oxygens (including phenoxy) is 1. The summed E-state index contributed by atoms with van der Waals surface area (Å²) in [6, 6.07) is 10.5. The number of anilines is 2. The third kappa shape index (κ3) is 4.81. The summed E-state index contributed by atoms with van der Waals surface area (Å²) < 4.78 is 5.24. The normalized spacial score (nSPS) is 17.8. The van der Waals surface area contributed by atoms with E-state index in [1.54, 1.807) is 13.3 Å². The van der Waals surface area contributed by atoms with Gasteiger partial charge in [0.1, 0.15) is 5.75 Å². The first kappa shape index (κ1) is 19.6. The van der Waals surface area contributed by atoms with Gasteiger partial charge in [0.2, 0.25) is 0 Å². The number of rotatable bonds is 5. The maximum Gasteiger partial charge on any atom is 0.253 e. The second-order valence-corrected chi connectivity index (χ2v) is 7.91. The lowest BCUT2D eigenvalue weighted by Crippen LogP contribution is -2.46. The van der Waals surface area contributed by atoms with Gasteiger partial charge < -0.3 is 19.9 Å². The molecule has 2 fully saturated rings. The van der Waals surface area contributed by atoms with E-state index in [2.05, 4.69) is 32.2 Å². The Morgan fingerprint density at radius 2 is 1.62 bits per heavy atom. The molecule has 0 spiro atoms. The smallest absolute Gasteiger partial charge is 0.253 e. The molecule has 0 radical (unpaired) electrons. The van der Waals surface area contributed by atoms with E-state index in [0.29, 0.717) is 11.6 Å². The summed E-state index contributed by atoms with van der Waals surface area (Å²) in [7, 11) is 1.69. The van der Waals surface area contributed by atoms with Gasteiger partial charge in [0.15, 0.2) is 0 Å². The van der Waals surface area contributed by atoms with Gasteiger partial charge >= 0.3 is 0 Å². The van der Waals surface area contributed by atoms with E-state index >= 15 is 0 Å². The molecule has 0 bridgehead atoms. The average Bonchev–Trinajstić information content (AvgIpc) is 2.80. The minimum Gasteiger partial charge on any atom is -0.497 e. The molecule has 6 nitrogen and oxygen atoms in total. The molecule has 6 heteroatoms. The molecular formula is C23H30N4O2. The molecule has 2 aromatic rings. The van der Waals surface area contributed by atoms with Gasteiger partial charge in [-0.05, 0) is 43.2 Å². The van der Waals surface area contributed by atoms with Gasteiger partial charge in [-0.15, -0.1) is 0 Å². The van der Waals surface area contributed by atoms with Crippen molar-refractivity contribution in [2.24, 2.45) is 0 Å². The van der Waals surface area contributed by atoms with Gasteiger partial charge in [-0.1, -0.05) is 19.3 Å². The predicted octanol–water partition coefficient (Wildman–Crippen LogP) is 3.48. The van der Waals surface area contributed by atoms with E-state index in [9.17, 15) is 4.79 Å². The number of carbonyl (C=O) groups is 1. The molecule has 2 heterocycles. The van der Waals surface area contributed by atoms with Crippen LogP contribution in [0.3, 0.4) is 0 Å². The minimum atomic E-state index is 0.00289. The zero-order chi connectivity index (χ0) is 20.1.